The van der Waals surface area contributed by atoms with Gasteiger partial charge in [-0.05, 0) is 58.7 Å². The van der Waals surface area contributed by atoms with Gasteiger partial charge >= 0.3 is 0 Å². The number of benzene rings is 2. The number of aryl methyl sites for hydroxylation is 1. The molecule has 0 spiro atoms. The topological polar surface area (TPSA) is 51.4 Å². The molecule has 0 bridgehead atoms. The number of halogens is 1. The highest BCUT2D eigenvalue weighted by Crippen LogP contribution is 2.25. The van der Waals surface area contributed by atoms with Crippen molar-refractivity contribution in [2.45, 2.75) is 13.5 Å². The van der Waals surface area contributed by atoms with E-state index in [1.165, 1.54) is 0 Å². The molecule has 1 heterocycles. The third-order valence-electron chi connectivity index (χ3n) is 3.52. The third-order valence-corrected chi connectivity index (χ3v) is 4.14. The van der Waals surface area contributed by atoms with Gasteiger partial charge in [0.1, 0.15) is 5.75 Å². The summed E-state index contributed by atoms with van der Waals surface area (Å²) in [5, 5.41) is 4.29. The molecule has 0 atom stereocenters. The highest BCUT2D eigenvalue weighted by Gasteiger charge is 2.07. The summed E-state index contributed by atoms with van der Waals surface area (Å²) in [6, 6.07) is 13.8. The Balaban J connectivity index is 1.81. The molecule has 23 heavy (non-hydrogen) atoms. The maximum absolute atomic E-state index is 5.22. The molecule has 3 aromatic rings. The summed E-state index contributed by atoms with van der Waals surface area (Å²) >= 11 is 3.47. The summed E-state index contributed by atoms with van der Waals surface area (Å²) in [7, 11) is 1.64. The van der Waals surface area contributed by atoms with Crippen molar-refractivity contribution >= 4 is 39.1 Å². The molecule has 6 heteroatoms. The fourth-order valence-electron chi connectivity index (χ4n) is 2.41. The Labute approximate surface area is 143 Å². The van der Waals surface area contributed by atoms with Crippen molar-refractivity contribution in [2.75, 3.05) is 12.5 Å². The number of hydrogen-bond acceptors (Lipinski definition) is 4. The van der Waals surface area contributed by atoms with E-state index in [1.54, 1.807) is 13.3 Å². The van der Waals surface area contributed by atoms with E-state index in [4.69, 9.17) is 4.74 Å². The Morgan fingerprint density at radius 3 is 2.87 bits per heavy atom. The SMILES string of the molecule is CCn1c(N/N=C\c2ccc(OC)c(Br)c2)nc2ccccc21. The van der Waals surface area contributed by atoms with Gasteiger partial charge in [0, 0.05) is 6.54 Å². The van der Waals surface area contributed by atoms with Crippen LogP contribution in [0.4, 0.5) is 5.95 Å². The zero-order valence-corrected chi connectivity index (χ0v) is 14.5. The number of para-hydroxylation sites is 2. The molecule has 0 aliphatic heterocycles. The molecule has 0 unspecified atom stereocenters. The van der Waals surface area contributed by atoms with Crippen LogP contribution in [0, 0.1) is 0 Å². The molecule has 0 amide bonds. The first kappa shape index (κ1) is 15.6. The molecule has 3 rings (SSSR count). The largest absolute Gasteiger partial charge is 0.496 e. The lowest BCUT2D eigenvalue weighted by Crippen LogP contribution is -2.01. The first-order valence-electron chi connectivity index (χ1n) is 7.30. The van der Waals surface area contributed by atoms with Gasteiger partial charge in [-0.1, -0.05) is 12.1 Å². The van der Waals surface area contributed by atoms with Gasteiger partial charge in [-0.25, -0.2) is 10.4 Å². The molecule has 118 valence electrons. The molecule has 0 saturated heterocycles. The van der Waals surface area contributed by atoms with Crippen molar-refractivity contribution in [3.05, 3.63) is 52.5 Å². The van der Waals surface area contributed by atoms with E-state index >= 15 is 0 Å². The van der Waals surface area contributed by atoms with Crippen LogP contribution in [0.5, 0.6) is 5.75 Å². The zero-order valence-electron chi connectivity index (χ0n) is 13.0. The van der Waals surface area contributed by atoms with E-state index in [-0.39, 0.29) is 0 Å². The van der Waals surface area contributed by atoms with E-state index in [0.717, 1.165) is 39.3 Å². The number of imidazole rings is 1. The summed E-state index contributed by atoms with van der Waals surface area (Å²) in [4.78, 5) is 4.57. The lowest BCUT2D eigenvalue weighted by molar-refractivity contribution is 0.412. The summed E-state index contributed by atoms with van der Waals surface area (Å²) in [5.74, 6) is 1.53. The Hall–Kier alpha value is -2.34. The number of ether oxygens (including phenoxy) is 1. The number of hydrazone groups is 1. The second-order valence-corrected chi connectivity index (χ2v) is 5.79. The summed E-state index contributed by atoms with van der Waals surface area (Å²) in [6.45, 7) is 2.91. The highest BCUT2D eigenvalue weighted by molar-refractivity contribution is 9.10. The number of anilines is 1. The van der Waals surface area contributed by atoms with E-state index in [1.807, 2.05) is 36.4 Å². The fourth-order valence-corrected chi connectivity index (χ4v) is 2.97. The van der Waals surface area contributed by atoms with Crippen molar-refractivity contribution in [3.8, 4) is 5.75 Å². The van der Waals surface area contributed by atoms with Crippen LogP contribution >= 0.6 is 15.9 Å². The van der Waals surface area contributed by atoms with Gasteiger partial charge in [0.15, 0.2) is 0 Å². The standard InChI is InChI=1S/C17H17BrN4O/c1-3-22-15-7-5-4-6-14(15)20-17(22)21-19-11-12-8-9-16(23-2)13(18)10-12/h4-11H,3H2,1-2H3,(H,20,21)/b19-11-. The van der Waals surface area contributed by atoms with Crippen molar-refractivity contribution < 1.29 is 4.74 Å². The number of methoxy groups -OCH3 is 1. The number of nitrogens with one attached hydrogen (secondary N) is 1. The van der Waals surface area contributed by atoms with E-state index < -0.39 is 0 Å². The quantitative estimate of drug-likeness (QED) is 0.537. The normalized spacial score (nSPS) is 11.3. The molecule has 1 N–H and O–H groups in total. The van der Waals surface area contributed by atoms with E-state index in [0.29, 0.717) is 0 Å². The number of fused-ring (bicyclic) bond motifs is 1. The molecule has 1 aromatic heterocycles. The van der Waals surface area contributed by atoms with Gasteiger partial charge in [-0.15, -0.1) is 0 Å². The van der Waals surface area contributed by atoms with Crippen LogP contribution in [-0.2, 0) is 6.54 Å². The maximum Gasteiger partial charge on any atom is 0.224 e. The fraction of sp³-hybridized carbons (Fsp3) is 0.176. The lowest BCUT2D eigenvalue weighted by atomic mass is 10.2. The first-order chi connectivity index (χ1) is 11.2. The highest BCUT2D eigenvalue weighted by atomic mass is 79.9. The lowest BCUT2D eigenvalue weighted by Gasteiger charge is -2.05. The van der Waals surface area contributed by atoms with Crippen LogP contribution in [0.1, 0.15) is 12.5 Å². The average molecular weight is 373 g/mol. The Morgan fingerprint density at radius 1 is 1.30 bits per heavy atom. The van der Waals surface area contributed by atoms with Crippen molar-refractivity contribution in [3.63, 3.8) is 0 Å². The average Bonchev–Trinajstić information content (AvgIpc) is 2.92. The number of aromatic nitrogens is 2. The number of rotatable bonds is 5. The van der Waals surface area contributed by atoms with Crippen molar-refractivity contribution in [2.24, 2.45) is 5.10 Å². The molecule has 0 saturated carbocycles. The predicted molar refractivity (Wildman–Crippen MR) is 97.3 cm³/mol. The second-order valence-electron chi connectivity index (χ2n) is 4.93. The summed E-state index contributed by atoms with van der Waals surface area (Å²) in [6.07, 6.45) is 1.75. The van der Waals surface area contributed by atoms with Gasteiger partial charge in [0.2, 0.25) is 5.95 Å². The first-order valence-corrected chi connectivity index (χ1v) is 8.10. The van der Waals surface area contributed by atoms with Crippen molar-refractivity contribution in [1.82, 2.24) is 9.55 Å². The smallest absolute Gasteiger partial charge is 0.224 e. The van der Waals surface area contributed by atoms with Crippen LogP contribution in [-0.4, -0.2) is 22.9 Å². The van der Waals surface area contributed by atoms with E-state index in [9.17, 15) is 0 Å². The molecule has 0 aliphatic carbocycles. The minimum absolute atomic E-state index is 0.734. The van der Waals surface area contributed by atoms with Crippen LogP contribution in [0.3, 0.4) is 0 Å². The predicted octanol–water partition coefficient (Wildman–Crippen LogP) is 4.27. The molecule has 0 aliphatic rings. The summed E-state index contributed by atoms with van der Waals surface area (Å²) < 4.78 is 8.20. The number of nitrogens with zero attached hydrogens (tertiary/aromatic N) is 3. The van der Waals surface area contributed by atoms with Crippen LogP contribution in [0.25, 0.3) is 11.0 Å². The molecular formula is C17H17BrN4O. The minimum atomic E-state index is 0.734. The second kappa shape index (κ2) is 6.83. The van der Waals surface area contributed by atoms with Gasteiger partial charge < -0.3 is 9.30 Å². The molecule has 0 radical (unpaired) electrons. The number of hydrogen-bond donors (Lipinski definition) is 1. The van der Waals surface area contributed by atoms with Crippen LogP contribution in [0.2, 0.25) is 0 Å². The molecule has 2 aromatic carbocycles. The Morgan fingerprint density at radius 2 is 2.13 bits per heavy atom. The molecule has 5 nitrogen and oxygen atoms in total. The Kier molecular flexibility index (Phi) is 4.62. The monoisotopic (exact) mass is 372 g/mol. The minimum Gasteiger partial charge on any atom is -0.496 e. The Bertz CT molecular complexity index is 857. The van der Waals surface area contributed by atoms with Gasteiger partial charge in [-0.3, -0.25) is 0 Å². The van der Waals surface area contributed by atoms with Crippen LogP contribution < -0.4 is 10.2 Å². The van der Waals surface area contributed by atoms with Gasteiger partial charge in [0.25, 0.3) is 0 Å². The van der Waals surface area contributed by atoms with Gasteiger partial charge in [0.05, 0.1) is 28.8 Å². The van der Waals surface area contributed by atoms with Gasteiger partial charge in [-0.2, -0.15) is 5.10 Å². The third kappa shape index (κ3) is 3.22. The van der Waals surface area contributed by atoms with Crippen LogP contribution in [0.15, 0.2) is 52.0 Å². The van der Waals surface area contributed by atoms with Crippen molar-refractivity contribution in [1.29, 1.82) is 0 Å². The summed E-state index contributed by atoms with van der Waals surface area (Å²) in [5.41, 5.74) is 6.04. The molecular weight excluding hydrogens is 356 g/mol. The maximum atomic E-state index is 5.22. The molecule has 0 fully saturated rings. The van der Waals surface area contributed by atoms with E-state index in [2.05, 4.69) is 49.0 Å². The zero-order chi connectivity index (χ0) is 16.2.